The highest BCUT2D eigenvalue weighted by atomic mass is 19.4. The lowest BCUT2D eigenvalue weighted by Gasteiger charge is -2.23. The van der Waals surface area contributed by atoms with Gasteiger partial charge in [-0.15, -0.1) is 0 Å². The van der Waals surface area contributed by atoms with E-state index >= 15 is 0 Å². The van der Waals surface area contributed by atoms with E-state index in [0.717, 1.165) is 30.2 Å². The minimum atomic E-state index is -4.57. The average Bonchev–Trinajstić information content (AvgIpc) is 2.79. The molecule has 0 bridgehead atoms. The van der Waals surface area contributed by atoms with Gasteiger partial charge in [-0.1, -0.05) is 12.1 Å². The molecule has 7 nitrogen and oxygen atoms in total. The van der Waals surface area contributed by atoms with E-state index in [0.29, 0.717) is 30.1 Å². The second-order valence-corrected chi connectivity index (χ2v) is 8.34. The summed E-state index contributed by atoms with van der Waals surface area (Å²) in [6.45, 7) is 2.08. The van der Waals surface area contributed by atoms with Crippen molar-refractivity contribution in [3.8, 4) is 11.3 Å². The van der Waals surface area contributed by atoms with Crippen LogP contribution in [0.1, 0.15) is 30.2 Å². The molecule has 0 saturated carbocycles. The molecule has 10 heteroatoms. The Morgan fingerprint density at radius 1 is 1.21 bits per heavy atom. The molecule has 0 spiro atoms. The maximum absolute atomic E-state index is 13.3. The van der Waals surface area contributed by atoms with Crippen LogP contribution >= 0.6 is 0 Å². The lowest BCUT2D eigenvalue weighted by Crippen LogP contribution is -2.23. The van der Waals surface area contributed by atoms with Crippen molar-refractivity contribution in [1.82, 2.24) is 15.0 Å². The lowest BCUT2D eigenvalue weighted by molar-refractivity contribution is -0.141. The Hall–Kier alpha value is -3.24. The Labute approximate surface area is 195 Å². The smallest absolute Gasteiger partial charge is 0.393 e. The molecule has 2 heterocycles. The SMILES string of the molecule is COC[C@H](C)Nc1nc(C(F)(F)F)ccc1-c1cc(Nc2cccc3c2C[C@H](O)CC3)ncn1. The molecule has 180 valence electrons. The summed E-state index contributed by atoms with van der Waals surface area (Å²) in [5, 5.41) is 16.4. The first-order chi connectivity index (χ1) is 16.2. The monoisotopic (exact) mass is 473 g/mol. The number of methoxy groups -OCH3 is 1. The second kappa shape index (κ2) is 9.94. The highest BCUT2D eigenvalue weighted by Gasteiger charge is 2.33. The van der Waals surface area contributed by atoms with E-state index in [4.69, 9.17) is 4.74 Å². The van der Waals surface area contributed by atoms with Crippen LogP contribution in [-0.4, -0.2) is 45.9 Å². The summed E-state index contributed by atoms with van der Waals surface area (Å²) in [7, 11) is 1.52. The van der Waals surface area contributed by atoms with Crippen molar-refractivity contribution in [3.05, 3.63) is 59.5 Å². The number of nitrogens with one attached hydrogen (secondary N) is 2. The molecule has 0 unspecified atom stereocenters. The zero-order valence-corrected chi connectivity index (χ0v) is 18.9. The quantitative estimate of drug-likeness (QED) is 0.462. The normalized spacial score (nSPS) is 16.6. The van der Waals surface area contributed by atoms with Gasteiger partial charge < -0.3 is 20.5 Å². The maximum atomic E-state index is 13.3. The molecule has 1 aromatic carbocycles. The van der Waals surface area contributed by atoms with E-state index in [1.165, 1.54) is 25.1 Å². The molecule has 4 rings (SSSR count). The largest absolute Gasteiger partial charge is 0.433 e. The molecular weight excluding hydrogens is 447 g/mol. The number of anilines is 3. The van der Waals surface area contributed by atoms with Gasteiger partial charge in [0.25, 0.3) is 0 Å². The molecule has 1 aliphatic rings. The van der Waals surface area contributed by atoms with Gasteiger partial charge >= 0.3 is 6.18 Å². The molecule has 3 aromatic rings. The van der Waals surface area contributed by atoms with Crippen molar-refractivity contribution in [2.75, 3.05) is 24.4 Å². The van der Waals surface area contributed by atoms with Crippen LogP contribution in [0.3, 0.4) is 0 Å². The number of aryl methyl sites for hydroxylation is 1. The van der Waals surface area contributed by atoms with E-state index in [1.807, 2.05) is 18.2 Å². The predicted octanol–water partition coefficient (Wildman–Crippen LogP) is 4.60. The number of rotatable bonds is 7. The van der Waals surface area contributed by atoms with Crippen LogP contribution in [0.25, 0.3) is 11.3 Å². The van der Waals surface area contributed by atoms with Gasteiger partial charge in [0, 0.05) is 36.9 Å². The number of alkyl halides is 3. The summed E-state index contributed by atoms with van der Waals surface area (Å²) in [5.74, 6) is 0.540. The van der Waals surface area contributed by atoms with E-state index in [1.54, 1.807) is 13.0 Å². The maximum Gasteiger partial charge on any atom is 0.433 e. The molecule has 2 aromatic heterocycles. The summed E-state index contributed by atoms with van der Waals surface area (Å²) in [6.07, 6.45) is -1.54. The van der Waals surface area contributed by atoms with Crippen molar-refractivity contribution in [2.24, 2.45) is 0 Å². The van der Waals surface area contributed by atoms with E-state index in [9.17, 15) is 18.3 Å². The van der Waals surface area contributed by atoms with Crippen LogP contribution in [0.5, 0.6) is 0 Å². The van der Waals surface area contributed by atoms with E-state index in [-0.39, 0.29) is 11.9 Å². The standard InChI is InChI=1S/C24H26F3N5O2/c1-14(12-34-2)30-23-17(8-9-21(32-23)24(25,26)27)20-11-22(29-13-28-20)31-19-5-3-4-15-6-7-16(33)10-18(15)19/h3-5,8-9,11,13-14,16,33H,6-7,10,12H2,1-2H3,(H,30,32)(H,28,29,31)/t14-,16+/m0/s1. The minimum absolute atomic E-state index is 0.0595. The van der Waals surface area contributed by atoms with Gasteiger partial charge in [-0.05, 0) is 49.1 Å². The molecule has 2 atom stereocenters. The third-order valence-electron chi connectivity index (χ3n) is 5.65. The molecule has 0 amide bonds. The number of pyridine rings is 1. The summed E-state index contributed by atoms with van der Waals surface area (Å²) >= 11 is 0. The fraction of sp³-hybridized carbons (Fsp3) is 0.375. The zero-order valence-electron chi connectivity index (χ0n) is 18.9. The third kappa shape index (κ3) is 5.45. The fourth-order valence-corrected chi connectivity index (χ4v) is 4.06. The molecule has 3 N–H and O–H groups in total. The van der Waals surface area contributed by atoms with Crippen LogP contribution in [-0.2, 0) is 23.8 Å². The van der Waals surface area contributed by atoms with Gasteiger partial charge in [0.15, 0.2) is 0 Å². The Bertz CT molecular complexity index is 1160. The molecule has 1 aliphatic carbocycles. The van der Waals surface area contributed by atoms with Crippen LogP contribution in [0.15, 0.2) is 42.7 Å². The number of hydrogen-bond donors (Lipinski definition) is 3. The Balaban J connectivity index is 1.68. The molecule has 0 saturated heterocycles. The number of fused-ring (bicyclic) bond motifs is 1. The first kappa shape index (κ1) is 23.9. The summed E-state index contributed by atoms with van der Waals surface area (Å²) in [6, 6.07) is 9.58. The molecule has 0 radical (unpaired) electrons. The molecule has 34 heavy (non-hydrogen) atoms. The van der Waals surface area contributed by atoms with Crippen molar-refractivity contribution in [2.45, 2.75) is 44.5 Å². The summed E-state index contributed by atoms with van der Waals surface area (Å²) in [4.78, 5) is 12.4. The first-order valence-corrected chi connectivity index (χ1v) is 11.0. The summed E-state index contributed by atoms with van der Waals surface area (Å²) in [5.41, 5.74) is 2.87. The number of aliphatic hydroxyl groups excluding tert-OH is 1. The Kier molecular flexibility index (Phi) is 6.99. The number of aromatic nitrogens is 3. The lowest BCUT2D eigenvalue weighted by atomic mass is 9.88. The van der Waals surface area contributed by atoms with Crippen LogP contribution in [0.2, 0.25) is 0 Å². The van der Waals surface area contributed by atoms with Crippen molar-refractivity contribution in [3.63, 3.8) is 0 Å². The summed E-state index contributed by atoms with van der Waals surface area (Å²) < 4.78 is 45.0. The number of halogens is 3. The molecule has 0 aliphatic heterocycles. The Morgan fingerprint density at radius 3 is 2.79 bits per heavy atom. The van der Waals surface area contributed by atoms with Crippen molar-refractivity contribution in [1.29, 1.82) is 0 Å². The minimum Gasteiger partial charge on any atom is -0.393 e. The van der Waals surface area contributed by atoms with Crippen molar-refractivity contribution >= 4 is 17.3 Å². The average molecular weight is 473 g/mol. The predicted molar refractivity (Wildman–Crippen MR) is 123 cm³/mol. The van der Waals surface area contributed by atoms with Gasteiger partial charge in [0.05, 0.1) is 18.4 Å². The van der Waals surface area contributed by atoms with Gasteiger partial charge in [-0.25, -0.2) is 15.0 Å². The topological polar surface area (TPSA) is 92.2 Å². The first-order valence-electron chi connectivity index (χ1n) is 11.0. The zero-order chi connectivity index (χ0) is 24.3. The Morgan fingerprint density at radius 2 is 2.03 bits per heavy atom. The highest BCUT2D eigenvalue weighted by molar-refractivity contribution is 5.75. The van der Waals surface area contributed by atoms with Gasteiger partial charge in [-0.3, -0.25) is 0 Å². The second-order valence-electron chi connectivity index (χ2n) is 8.34. The number of nitrogens with zero attached hydrogens (tertiary/aromatic N) is 3. The number of hydrogen-bond acceptors (Lipinski definition) is 7. The van der Waals surface area contributed by atoms with Gasteiger partial charge in [-0.2, -0.15) is 13.2 Å². The van der Waals surface area contributed by atoms with Gasteiger partial charge in [0.1, 0.15) is 23.7 Å². The highest BCUT2D eigenvalue weighted by Crippen LogP contribution is 2.34. The van der Waals surface area contributed by atoms with E-state index in [2.05, 4.69) is 25.6 Å². The fourth-order valence-electron chi connectivity index (χ4n) is 4.06. The van der Waals surface area contributed by atoms with Crippen LogP contribution in [0, 0.1) is 0 Å². The number of benzene rings is 1. The molecule has 0 fully saturated rings. The number of aliphatic hydroxyl groups is 1. The van der Waals surface area contributed by atoms with Crippen LogP contribution < -0.4 is 10.6 Å². The van der Waals surface area contributed by atoms with Gasteiger partial charge in [0.2, 0.25) is 0 Å². The molecular formula is C24H26F3N5O2. The third-order valence-corrected chi connectivity index (χ3v) is 5.65. The van der Waals surface area contributed by atoms with E-state index < -0.39 is 18.0 Å². The number of ether oxygens (including phenoxy) is 1. The van der Waals surface area contributed by atoms with Crippen LogP contribution in [0.4, 0.5) is 30.5 Å². The van der Waals surface area contributed by atoms with Crippen molar-refractivity contribution < 1.29 is 23.0 Å².